The summed E-state index contributed by atoms with van der Waals surface area (Å²) in [5.41, 5.74) is 0. The molecule has 8 heteroatoms. The molecule has 3 nitrogen and oxygen atoms in total. The van der Waals surface area contributed by atoms with Crippen LogP contribution in [0.4, 0.5) is 0 Å². The molecule has 0 bridgehead atoms. The minimum absolute atomic E-state index is 0.0299. The molecule has 1 aliphatic rings. The van der Waals surface area contributed by atoms with Crippen LogP contribution in [-0.2, 0) is 10.0 Å². The fourth-order valence-corrected chi connectivity index (χ4v) is 5.52. The van der Waals surface area contributed by atoms with E-state index in [0.717, 1.165) is 0 Å². The molecule has 1 fully saturated rings. The molecule has 1 aromatic carbocycles. The Labute approximate surface area is 136 Å². The summed E-state index contributed by atoms with van der Waals surface area (Å²) < 4.78 is 27.1. The first-order valence-corrected chi connectivity index (χ1v) is 9.03. The van der Waals surface area contributed by atoms with E-state index < -0.39 is 10.0 Å². The van der Waals surface area contributed by atoms with Crippen LogP contribution in [0.3, 0.4) is 0 Å². The Morgan fingerprint density at radius 3 is 2.11 bits per heavy atom. The van der Waals surface area contributed by atoms with Gasteiger partial charge in [-0.25, -0.2) is 8.42 Å². The SMILES string of the molecule is O=S(=O)(c1c(Cl)cc(Br)cc1Cl)N1CCC(Cl)CC1. The van der Waals surface area contributed by atoms with Gasteiger partial charge in [-0.1, -0.05) is 39.1 Å². The van der Waals surface area contributed by atoms with Crippen LogP contribution in [0.15, 0.2) is 21.5 Å². The van der Waals surface area contributed by atoms with Gasteiger partial charge < -0.3 is 0 Å². The second kappa shape index (κ2) is 6.08. The number of benzene rings is 1. The molecular formula is C11H11BrCl3NO2S. The smallest absolute Gasteiger partial charge is 0.207 e. The average Bonchev–Trinajstić information content (AvgIpc) is 2.27. The predicted molar refractivity (Wildman–Crippen MR) is 81.8 cm³/mol. The highest BCUT2D eigenvalue weighted by atomic mass is 79.9. The van der Waals surface area contributed by atoms with Crippen LogP contribution in [0.5, 0.6) is 0 Å². The van der Waals surface area contributed by atoms with Gasteiger partial charge in [-0.05, 0) is 25.0 Å². The summed E-state index contributed by atoms with van der Waals surface area (Å²) in [7, 11) is -3.67. The molecule has 0 amide bonds. The summed E-state index contributed by atoms with van der Waals surface area (Å²) in [4.78, 5) is -0.0351. The molecule has 19 heavy (non-hydrogen) atoms. The Hall–Kier alpha value is 0.480. The predicted octanol–water partition coefficient (Wildman–Crippen LogP) is 4.15. The summed E-state index contributed by atoms with van der Waals surface area (Å²) in [6.07, 6.45) is 1.26. The van der Waals surface area contributed by atoms with Crippen molar-refractivity contribution >= 4 is 60.8 Å². The maximum Gasteiger partial charge on any atom is 0.246 e. The molecule has 0 radical (unpaired) electrons. The van der Waals surface area contributed by atoms with Crippen molar-refractivity contribution in [2.45, 2.75) is 23.1 Å². The second-order valence-corrected chi connectivity index (χ2v) is 8.50. The van der Waals surface area contributed by atoms with E-state index in [9.17, 15) is 8.42 Å². The minimum Gasteiger partial charge on any atom is -0.207 e. The van der Waals surface area contributed by atoms with Gasteiger partial charge >= 0.3 is 0 Å². The zero-order valence-corrected chi connectivity index (χ0v) is 14.4. The van der Waals surface area contributed by atoms with Crippen molar-refractivity contribution in [2.24, 2.45) is 0 Å². The minimum atomic E-state index is -3.67. The number of piperidine rings is 1. The first-order valence-electron chi connectivity index (χ1n) is 5.61. The van der Waals surface area contributed by atoms with E-state index in [1.54, 1.807) is 0 Å². The third-order valence-electron chi connectivity index (χ3n) is 2.94. The van der Waals surface area contributed by atoms with Crippen molar-refractivity contribution in [1.29, 1.82) is 0 Å². The van der Waals surface area contributed by atoms with Gasteiger partial charge in [-0.3, -0.25) is 0 Å². The topological polar surface area (TPSA) is 37.4 Å². The Morgan fingerprint density at radius 2 is 1.63 bits per heavy atom. The van der Waals surface area contributed by atoms with E-state index in [1.165, 1.54) is 16.4 Å². The molecule has 0 saturated carbocycles. The fourth-order valence-electron chi connectivity index (χ4n) is 1.97. The number of nitrogens with zero attached hydrogens (tertiary/aromatic N) is 1. The Kier molecular flexibility index (Phi) is 5.07. The monoisotopic (exact) mass is 405 g/mol. The van der Waals surface area contributed by atoms with Gasteiger partial charge in [0.1, 0.15) is 4.90 Å². The Bertz CT molecular complexity index is 563. The lowest BCUT2D eigenvalue weighted by Crippen LogP contribution is -2.39. The van der Waals surface area contributed by atoms with Crippen molar-refractivity contribution in [2.75, 3.05) is 13.1 Å². The van der Waals surface area contributed by atoms with E-state index in [-0.39, 0.29) is 20.3 Å². The molecule has 106 valence electrons. The molecule has 1 saturated heterocycles. The lowest BCUT2D eigenvalue weighted by molar-refractivity contribution is 0.350. The normalized spacial score (nSPS) is 18.7. The molecule has 1 aliphatic heterocycles. The number of rotatable bonds is 2. The lowest BCUT2D eigenvalue weighted by Gasteiger charge is -2.29. The standard InChI is InChI=1S/C11H11BrCl3NO2S/c12-7-5-9(14)11(10(15)6-7)19(17,18)16-3-1-8(13)2-4-16/h5-6,8H,1-4H2. The van der Waals surface area contributed by atoms with E-state index in [2.05, 4.69) is 15.9 Å². The van der Waals surface area contributed by atoms with E-state index in [0.29, 0.717) is 30.4 Å². The third kappa shape index (κ3) is 3.39. The van der Waals surface area contributed by atoms with Gasteiger partial charge in [0.05, 0.1) is 10.0 Å². The molecule has 0 spiro atoms. The van der Waals surface area contributed by atoms with Crippen LogP contribution in [0.25, 0.3) is 0 Å². The van der Waals surface area contributed by atoms with E-state index in [4.69, 9.17) is 34.8 Å². The van der Waals surface area contributed by atoms with Gasteiger partial charge in [0.25, 0.3) is 0 Å². The van der Waals surface area contributed by atoms with Gasteiger partial charge in [0.15, 0.2) is 0 Å². The Morgan fingerprint density at radius 1 is 1.16 bits per heavy atom. The molecule has 1 heterocycles. The summed E-state index contributed by atoms with van der Waals surface area (Å²) >= 11 is 21.2. The highest BCUT2D eigenvalue weighted by Crippen LogP contribution is 2.35. The first-order chi connectivity index (χ1) is 8.82. The lowest BCUT2D eigenvalue weighted by atomic mass is 10.2. The summed E-state index contributed by atoms with van der Waals surface area (Å²) in [6.45, 7) is 0.776. The summed E-state index contributed by atoms with van der Waals surface area (Å²) in [5, 5.41) is 0.266. The molecule has 0 aliphatic carbocycles. The highest BCUT2D eigenvalue weighted by Gasteiger charge is 2.32. The quantitative estimate of drug-likeness (QED) is 0.691. The summed E-state index contributed by atoms with van der Waals surface area (Å²) in [6, 6.07) is 3.04. The van der Waals surface area contributed by atoms with Crippen LogP contribution in [0, 0.1) is 0 Å². The van der Waals surface area contributed by atoms with E-state index in [1.807, 2.05) is 0 Å². The van der Waals surface area contributed by atoms with Gasteiger partial charge in [0, 0.05) is 22.9 Å². The van der Waals surface area contributed by atoms with Crippen LogP contribution in [0.2, 0.25) is 10.0 Å². The van der Waals surface area contributed by atoms with Gasteiger partial charge in [-0.15, -0.1) is 11.6 Å². The second-order valence-electron chi connectivity index (χ2n) is 4.28. The zero-order chi connectivity index (χ0) is 14.2. The van der Waals surface area contributed by atoms with Crippen molar-refractivity contribution in [3.63, 3.8) is 0 Å². The molecule has 0 N–H and O–H groups in total. The van der Waals surface area contributed by atoms with Crippen molar-refractivity contribution in [3.8, 4) is 0 Å². The number of alkyl halides is 1. The third-order valence-corrected chi connectivity index (χ3v) is 6.66. The van der Waals surface area contributed by atoms with Crippen molar-refractivity contribution in [3.05, 3.63) is 26.7 Å². The zero-order valence-electron chi connectivity index (χ0n) is 9.74. The van der Waals surface area contributed by atoms with Crippen LogP contribution >= 0.6 is 50.7 Å². The van der Waals surface area contributed by atoms with Crippen LogP contribution < -0.4 is 0 Å². The number of sulfonamides is 1. The summed E-state index contributed by atoms with van der Waals surface area (Å²) in [5.74, 6) is 0. The first kappa shape index (κ1) is 15.9. The molecule has 0 unspecified atom stereocenters. The van der Waals surface area contributed by atoms with Crippen molar-refractivity contribution < 1.29 is 8.42 Å². The molecule has 0 atom stereocenters. The molecule has 1 aromatic rings. The van der Waals surface area contributed by atoms with Crippen molar-refractivity contribution in [1.82, 2.24) is 4.31 Å². The fraction of sp³-hybridized carbons (Fsp3) is 0.455. The number of halogens is 4. The molecule has 2 rings (SSSR count). The van der Waals surface area contributed by atoms with E-state index >= 15 is 0 Å². The molecular weight excluding hydrogens is 396 g/mol. The van der Waals surface area contributed by atoms with Crippen LogP contribution in [0.1, 0.15) is 12.8 Å². The number of hydrogen-bond donors (Lipinski definition) is 0. The molecule has 0 aromatic heterocycles. The number of hydrogen-bond acceptors (Lipinski definition) is 2. The maximum atomic E-state index is 12.5. The Balaban J connectivity index is 2.40. The van der Waals surface area contributed by atoms with Crippen LogP contribution in [-0.4, -0.2) is 31.2 Å². The van der Waals surface area contributed by atoms with Gasteiger partial charge in [0.2, 0.25) is 10.0 Å². The maximum absolute atomic E-state index is 12.5. The average molecular weight is 408 g/mol. The van der Waals surface area contributed by atoms with Gasteiger partial charge in [-0.2, -0.15) is 4.31 Å². The highest BCUT2D eigenvalue weighted by molar-refractivity contribution is 9.10. The largest absolute Gasteiger partial charge is 0.246 e.